The smallest absolute Gasteiger partial charge is 0.160 e. The molecule has 2 aromatic rings. The minimum Gasteiger partial charge on any atom is -0.308 e. The second-order valence-electron chi connectivity index (χ2n) is 4.04. The summed E-state index contributed by atoms with van der Waals surface area (Å²) >= 11 is 11.3. The van der Waals surface area contributed by atoms with Crippen LogP contribution in [0, 0.1) is 0 Å². The number of imidazole rings is 1. The van der Waals surface area contributed by atoms with Crippen molar-refractivity contribution in [1.82, 2.24) is 14.5 Å². The molecule has 0 bridgehead atoms. The van der Waals surface area contributed by atoms with Gasteiger partial charge in [0.2, 0.25) is 0 Å². The topological polar surface area (TPSA) is 30.7 Å². The lowest BCUT2D eigenvalue weighted by molar-refractivity contribution is 0.601. The van der Waals surface area contributed by atoms with E-state index in [0.29, 0.717) is 11.9 Å². The predicted octanol–water partition coefficient (Wildman–Crippen LogP) is 4.25. The number of aromatic nitrogens is 3. The second kappa shape index (κ2) is 6.26. The van der Waals surface area contributed by atoms with Gasteiger partial charge in [-0.2, -0.15) is 11.8 Å². The molecule has 1 unspecified atom stereocenters. The maximum absolute atomic E-state index is 5.99. The molecule has 2 rings (SSSR count). The van der Waals surface area contributed by atoms with Crippen molar-refractivity contribution < 1.29 is 0 Å². The summed E-state index contributed by atoms with van der Waals surface area (Å²) in [5, 5.41) is 0. The Kier molecular flexibility index (Phi) is 4.92. The van der Waals surface area contributed by atoms with Gasteiger partial charge in [0.05, 0.1) is 5.88 Å². The zero-order valence-corrected chi connectivity index (χ0v) is 13.5. The first kappa shape index (κ1) is 14.2. The van der Waals surface area contributed by atoms with Crippen LogP contribution in [0.15, 0.2) is 16.7 Å². The van der Waals surface area contributed by atoms with Crippen molar-refractivity contribution in [2.45, 2.75) is 25.8 Å². The average Bonchev–Trinajstić information content (AvgIpc) is 2.73. The monoisotopic (exact) mass is 347 g/mol. The molecule has 1 atom stereocenters. The lowest BCUT2D eigenvalue weighted by atomic mass is 10.3. The standard InChI is InChI=1S/C12H15BrClN3S/c1-3-18-7-8(2)17-11(5-14)16-10-4-9(13)6-15-12(10)17/h4,6,8H,3,5,7H2,1-2H3. The lowest BCUT2D eigenvalue weighted by Crippen LogP contribution is -2.11. The third kappa shape index (κ3) is 2.83. The second-order valence-corrected chi connectivity index (χ2v) is 6.54. The maximum atomic E-state index is 5.99. The number of halogens is 2. The fraction of sp³-hybridized carbons (Fsp3) is 0.500. The van der Waals surface area contributed by atoms with Gasteiger partial charge in [0, 0.05) is 22.5 Å². The number of rotatable bonds is 5. The minimum absolute atomic E-state index is 0.349. The molecule has 0 saturated carbocycles. The summed E-state index contributed by atoms with van der Waals surface area (Å²) in [5.74, 6) is 3.46. The summed E-state index contributed by atoms with van der Waals surface area (Å²) in [5.41, 5.74) is 1.81. The van der Waals surface area contributed by atoms with E-state index in [9.17, 15) is 0 Å². The van der Waals surface area contributed by atoms with Gasteiger partial charge in [0.15, 0.2) is 5.65 Å². The highest BCUT2D eigenvalue weighted by molar-refractivity contribution is 9.10. The first-order valence-electron chi connectivity index (χ1n) is 5.83. The van der Waals surface area contributed by atoms with Gasteiger partial charge in [0.25, 0.3) is 0 Å². The molecule has 0 amide bonds. The van der Waals surface area contributed by atoms with Gasteiger partial charge < -0.3 is 4.57 Å². The largest absolute Gasteiger partial charge is 0.308 e. The quantitative estimate of drug-likeness (QED) is 0.757. The summed E-state index contributed by atoms with van der Waals surface area (Å²) in [7, 11) is 0. The first-order chi connectivity index (χ1) is 8.67. The van der Waals surface area contributed by atoms with E-state index in [1.54, 1.807) is 6.20 Å². The summed E-state index contributed by atoms with van der Waals surface area (Å²) in [6.45, 7) is 4.35. The number of fused-ring (bicyclic) bond motifs is 1. The molecule has 0 aliphatic rings. The van der Waals surface area contributed by atoms with Crippen molar-refractivity contribution in [2.24, 2.45) is 0 Å². The zero-order valence-electron chi connectivity index (χ0n) is 10.4. The van der Waals surface area contributed by atoms with Gasteiger partial charge in [-0.25, -0.2) is 9.97 Å². The zero-order chi connectivity index (χ0) is 13.1. The van der Waals surface area contributed by atoms with Crippen LogP contribution in [0.4, 0.5) is 0 Å². The highest BCUT2D eigenvalue weighted by atomic mass is 79.9. The van der Waals surface area contributed by atoms with Crippen LogP contribution in [-0.2, 0) is 5.88 Å². The van der Waals surface area contributed by atoms with E-state index >= 15 is 0 Å². The van der Waals surface area contributed by atoms with Gasteiger partial charge >= 0.3 is 0 Å². The molecule has 0 saturated heterocycles. The predicted molar refractivity (Wildman–Crippen MR) is 82.5 cm³/mol. The van der Waals surface area contributed by atoms with Gasteiger partial charge in [0.1, 0.15) is 11.3 Å². The van der Waals surface area contributed by atoms with E-state index in [2.05, 4.69) is 44.3 Å². The molecule has 0 fully saturated rings. The molecule has 0 aromatic carbocycles. The molecule has 0 N–H and O–H groups in total. The average molecular weight is 349 g/mol. The van der Waals surface area contributed by atoms with Crippen molar-refractivity contribution >= 4 is 50.5 Å². The SMILES string of the molecule is CCSCC(C)n1c(CCl)nc2cc(Br)cnc21. The van der Waals surface area contributed by atoms with Crippen LogP contribution >= 0.6 is 39.3 Å². The molecule has 98 valence electrons. The summed E-state index contributed by atoms with van der Waals surface area (Å²) in [6.07, 6.45) is 1.80. The number of pyridine rings is 1. The van der Waals surface area contributed by atoms with Crippen LogP contribution in [0.2, 0.25) is 0 Å². The molecule has 18 heavy (non-hydrogen) atoms. The molecule has 2 aromatic heterocycles. The maximum Gasteiger partial charge on any atom is 0.160 e. The lowest BCUT2D eigenvalue weighted by Gasteiger charge is -2.15. The van der Waals surface area contributed by atoms with Crippen LogP contribution in [0.1, 0.15) is 25.7 Å². The van der Waals surface area contributed by atoms with Crippen LogP contribution < -0.4 is 0 Å². The van der Waals surface area contributed by atoms with E-state index < -0.39 is 0 Å². The molecule has 2 heterocycles. The Labute approximate surface area is 124 Å². The number of hydrogen-bond acceptors (Lipinski definition) is 3. The Morgan fingerprint density at radius 1 is 1.56 bits per heavy atom. The molecule has 3 nitrogen and oxygen atoms in total. The van der Waals surface area contributed by atoms with Crippen molar-refractivity contribution in [3.05, 3.63) is 22.6 Å². The van der Waals surface area contributed by atoms with Crippen molar-refractivity contribution in [3.8, 4) is 0 Å². The first-order valence-corrected chi connectivity index (χ1v) is 8.31. The van der Waals surface area contributed by atoms with Gasteiger partial charge in [-0.05, 0) is 34.7 Å². The fourth-order valence-corrected chi connectivity index (χ4v) is 3.16. The normalized spacial score (nSPS) is 13.1. The summed E-state index contributed by atoms with van der Waals surface area (Å²) in [6, 6.07) is 2.33. The Morgan fingerprint density at radius 2 is 2.33 bits per heavy atom. The van der Waals surface area contributed by atoms with Gasteiger partial charge in [-0.15, -0.1) is 11.6 Å². The Bertz CT molecular complexity index is 543. The Hall–Kier alpha value is -0.260. The van der Waals surface area contributed by atoms with Crippen molar-refractivity contribution in [3.63, 3.8) is 0 Å². The molecule has 0 aliphatic heterocycles. The highest BCUT2D eigenvalue weighted by Crippen LogP contribution is 2.25. The number of thioether (sulfide) groups is 1. The van der Waals surface area contributed by atoms with Gasteiger partial charge in [-0.3, -0.25) is 0 Å². The van der Waals surface area contributed by atoms with Crippen LogP contribution in [-0.4, -0.2) is 26.0 Å². The van der Waals surface area contributed by atoms with E-state index in [-0.39, 0.29) is 0 Å². The summed E-state index contributed by atoms with van der Waals surface area (Å²) in [4.78, 5) is 9.01. The van der Waals surface area contributed by atoms with E-state index in [1.807, 2.05) is 17.8 Å². The molecular weight excluding hydrogens is 334 g/mol. The Balaban J connectivity index is 2.46. The molecule has 0 aliphatic carbocycles. The van der Waals surface area contributed by atoms with E-state index in [0.717, 1.165) is 33.0 Å². The number of hydrogen-bond donors (Lipinski definition) is 0. The Morgan fingerprint density at radius 3 is 3.00 bits per heavy atom. The number of alkyl halides is 1. The number of nitrogens with zero attached hydrogens (tertiary/aromatic N) is 3. The highest BCUT2D eigenvalue weighted by Gasteiger charge is 2.16. The van der Waals surface area contributed by atoms with Crippen LogP contribution in [0.25, 0.3) is 11.2 Å². The van der Waals surface area contributed by atoms with Crippen molar-refractivity contribution in [1.29, 1.82) is 0 Å². The van der Waals surface area contributed by atoms with Crippen LogP contribution in [0.5, 0.6) is 0 Å². The van der Waals surface area contributed by atoms with Crippen molar-refractivity contribution in [2.75, 3.05) is 11.5 Å². The molecule has 0 spiro atoms. The van der Waals surface area contributed by atoms with Gasteiger partial charge in [-0.1, -0.05) is 6.92 Å². The minimum atomic E-state index is 0.349. The van der Waals surface area contributed by atoms with E-state index in [1.165, 1.54) is 0 Å². The molecule has 0 radical (unpaired) electrons. The third-order valence-electron chi connectivity index (χ3n) is 2.69. The third-order valence-corrected chi connectivity index (χ3v) is 4.49. The summed E-state index contributed by atoms with van der Waals surface area (Å²) < 4.78 is 3.09. The van der Waals surface area contributed by atoms with Crippen LogP contribution in [0.3, 0.4) is 0 Å². The fourth-order valence-electron chi connectivity index (χ4n) is 1.92. The van der Waals surface area contributed by atoms with E-state index in [4.69, 9.17) is 11.6 Å². The molecular formula is C12H15BrClN3S. The molecule has 6 heteroatoms.